The third kappa shape index (κ3) is 3.61. The van der Waals surface area contributed by atoms with E-state index in [4.69, 9.17) is 0 Å². The van der Waals surface area contributed by atoms with Crippen LogP contribution in [-0.2, 0) is 15.1 Å². The van der Waals surface area contributed by atoms with Crippen LogP contribution >= 0.6 is 0 Å². The minimum atomic E-state index is -1.38. The number of benzene rings is 2. The number of nitrogens with zero attached hydrogens (tertiary/aromatic N) is 2. The number of hydrazine groups is 1. The fourth-order valence-electron chi connectivity index (χ4n) is 4.05. The monoisotopic (exact) mass is 392 g/mol. The van der Waals surface area contributed by atoms with Crippen LogP contribution in [0.1, 0.15) is 30.4 Å². The number of amides is 4. The summed E-state index contributed by atoms with van der Waals surface area (Å²) in [6.45, 7) is 1.87. The molecule has 0 unspecified atom stereocenters. The number of likely N-dealkylation sites (tertiary alicyclic amines) is 1. The zero-order valence-electron chi connectivity index (χ0n) is 16.1. The van der Waals surface area contributed by atoms with Crippen molar-refractivity contribution >= 4 is 17.8 Å². The van der Waals surface area contributed by atoms with Crippen LogP contribution in [0, 0.1) is 0 Å². The van der Waals surface area contributed by atoms with Crippen molar-refractivity contribution in [3.05, 3.63) is 71.8 Å². The van der Waals surface area contributed by atoms with Crippen LogP contribution in [-0.4, -0.2) is 47.4 Å². The van der Waals surface area contributed by atoms with Crippen molar-refractivity contribution in [1.82, 2.24) is 20.7 Å². The highest BCUT2D eigenvalue weighted by molar-refractivity contribution is 6.10. The Bertz CT molecular complexity index is 855. The van der Waals surface area contributed by atoms with Gasteiger partial charge in [0.2, 0.25) is 0 Å². The smallest absolute Gasteiger partial charge is 0.314 e. The van der Waals surface area contributed by atoms with Crippen molar-refractivity contribution in [3.63, 3.8) is 0 Å². The van der Waals surface area contributed by atoms with Gasteiger partial charge in [-0.15, -0.1) is 0 Å². The molecular formula is C22H24N4O3. The second kappa shape index (κ2) is 8.05. The highest BCUT2D eigenvalue weighted by Gasteiger charge is 2.54. The average Bonchev–Trinajstić information content (AvgIpc) is 3.01. The first-order valence-corrected chi connectivity index (χ1v) is 9.91. The predicted molar refractivity (Wildman–Crippen MR) is 107 cm³/mol. The Labute approximate surface area is 169 Å². The molecule has 2 N–H and O–H groups in total. The lowest BCUT2D eigenvalue weighted by molar-refractivity contribution is -0.138. The van der Waals surface area contributed by atoms with Crippen LogP contribution in [0.15, 0.2) is 60.7 Å². The number of piperidine rings is 1. The number of nitrogens with one attached hydrogen (secondary N) is 2. The number of hydrogen-bond acceptors (Lipinski definition) is 4. The van der Waals surface area contributed by atoms with Gasteiger partial charge in [0.1, 0.15) is 0 Å². The second-order valence-corrected chi connectivity index (χ2v) is 7.42. The zero-order valence-corrected chi connectivity index (χ0v) is 16.1. The molecule has 2 heterocycles. The van der Waals surface area contributed by atoms with Crippen LogP contribution in [0.25, 0.3) is 0 Å². The molecule has 4 rings (SSSR count). The maximum Gasteiger partial charge on any atom is 0.344 e. The van der Waals surface area contributed by atoms with Crippen molar-refractivity contribution in [1.29, 1.82) is 0 Å². The summed E-state index contributed by atoms with van der Waals surface area (Å²) in [6.07, 6.45) is 3.28. The van der Waals surface area contributed by atoms with Gasteiger partial charge in [-0.3, -0.25) is 19.9 Å². The molecule has 0 saturated carbocycles. The molecule has 0 aliphatic carbocycles. The number of hydrogen-bond donors (Lipinski definition) is 2. The van der Waals surface area contributed by atoms with Gasteiger partial charge in [-0.2, -0.15) is 5.01 Å². The third-order valence-electron chi connectivity index (χ3n) is 5.49. The van der Waals surface area contributed by atoms with Crippen LogP contribution in [0.2, 0.25) is 0 Å². The van der Waals surface area contributed by atoms with Crippen LogP contribution in [0.4, 0.5) is 4.79 Å². The minimum absolute atomic E-state index is 0.167. The van der Waals surface area contributed by atoms with Gasteiger partial charge in [-0.1, -0.05) is 67.1 Å². The van der Waals surface area contributed by atoms with Crippen molar-refractivity contribution in [2.24, 2.45) is 0 Å². The Morgan fingerprint density at radius 1 is 0.897 bits per heavy atom. The molecule has 2 fully saturated rings. The van der Waals surface area contributed by atoms with Gasteiger partial charge in [0, 0.05) is 0 Å². The summed E-state index contributed by atoms with van der Waals surface area (Å²) >= 11 is 0. The molecule has 29 heavy (non-hydrogen) atoms. The van der Waals surface area contributed by atoms with E-state index in [-0.39, 0.29) is 12.5 Å². The van der Waals surface area contributed by atoms with Gasteiger partial charge in [0.05, 0.1) is 6.54 Å². The molecule has 7 nitrogen and oxygen atoms in total. The van der Waals surface area contributed by atoms with E-state index >= 15 is 0 Å². The number of imide groups is 1. The van der Waals surface area contributed by atoms with Crippen LogP contribution in [0.3, 0.4) is 0 Å². The summed E-state index contributed by atoms with van der Waals surface area (Å²) < 4.78 is 0. The van der Waals surface area contributed by atoms with Gasteiger partial charge in [0.15, 0.2) is 5.54 Å². The van der Waals surface area contributed by atoms with Gasteiger partial charge < -0.3 is 5.32 Å². The molecule has 150 valence electrons. The molecule has 0 atom stereocenters. The largest absolute Gasteiger partial charge is 0.344 e. The second-order valence-electron chi connectivity index (χ2n) is 7.42. The third-order valence-corrected chi connectivity index (χ3v) is 5.49. The standard InChI is InChI=1S/C22H24N4O3/c27-19(16-25-14-8-3-9-15-25)24-26-20(28)22(23-21(26)29,17-10-4-1-5-11-17)18-12-6-2-7-13-18/h1-2,4-7,10-13H,3,8-9,14-16H2,(H,23,29)(H,24,27). The summed E-state index contributed by atoms with van der Waals surface area (Å²) in [7, 11) is 0. The minimum Gasteiger partial charge on any atom is -0.314 e. The Balaban J connectivity index is 1.61. The first-order valence-electron chi connectivity index (χ1n) is 9.91. The van der Waals surface area contributed by atoms with Crippen molar-refractivity contribution in [2.45, 2.75) is 24.8 Å². The molecule has 2 aliphatic rings. The molecule has 0 spiro atoms. The highest BCUT2D eigenvalue weighted by Crippen LogP contribution is 2.35. The maximum absolute atomic E-state index is 13.5. The zero-order chi connectivity index (χ0) is 20.3. The molecule has 4 amide bonds. The maximum atomic E-state index is 13.5. The number of carbonyl (C=O) groups is 3. The fraction of sp³-hybridized carbons (Fsp3) is 0.318. The Kier molecular flexibility index (Phi) is 5.31. The summed E-state index contributed by atoms with van der Waals surface area (Å²) in [5.74, 6) is -0.890. The fourth-order valence-corrected chi connectivity index (χ4v) is 4.05. The van der Waals surface area contributed by atoms with E-state index in [1.165, 1.54) is 6.42 Å². The van der Waals surface area contributed by atoms with Crippen molar-refractivity contribution < 1.29 is 14.4 Å². The molecular weight excluding hydrogens is 368 g/mol. The number of urea groups is 1. The van der Waals surface area contributed by atoms with E-state index in [0.717, 1.165) is 30.9 Å². The lowest BCUT2D eigenvalue weighted by atomic mass is 9.83. The first kappa shape index (κ1) is 19.1. The summed E-state index contributed by atoms with van der Waals surface area (Å²) in [5.41, 5.74) is 2.41. The predicted octanol–water partition coefficient (Wildman–Crippen LogP) is 2.00. The van der Waals surface area contributed by atoms with Gasteiger partial charge in [-0.25, -0.2) is 4.79 Å². The Morgan fingerprint density at radius 3 is 2.00 bits per heavy atom. The highest BCUT2D eigenvalue weighted by atomic mass is 16.2. The van der Waals surface area contributed by atoms with E-state index in [9.17, 15) is 14.4 Å². The SMILES string of the molecule is O=C(CN1CCCCC1)NN1C(=O)NC(c2ccccc2)(c2ccccc2)C1=O. The molecule has 2 aromatic rings. The molecule has 2 saturated heterocycles. The summed E-state index contributed by atoms with van der Waals surface area (Å²) in [6, 6.07) is 17.5. The van der Waals surface area contributed by atoms with E-state index in [1.807, 2.05) is 41.3 Å². The number of rotatable bonds is 5. The topological polar surface area (TPSA) is 81.8 Å². The quantitative estimate of drug-likeness (QED) is 0.763. The van der Waals surface area contributed by atoms with E-state index < -0.39 is 17.5 Å². The normalized spacial score (nSPS) is 19.1. The summed E-state index contributed by atoms with van der Waals surface area (Å²) in [5, 5.41) is 3.63. The average molecular weight is 392 g/mol. The molecule has 0 bridgehead atoms. The summed E-state index contributed by atoms with van der Waals surface area (Å²) in [4.78, 5) is 40.8. The first-order chi connectivity index (χ1) is 14.1. The molecule has 2 aromatic carbocycles. The van der Waals surface area contributed by atoms with Crippen molar-refractivity contribution in [3.8, 4) is 0 Å². The number of carbonyl (C=O) groups excluding carboxylic acids is 3. The molecule has 7 heteroatoms. The Hall–Kier alpha value is -3.19. The molecule has 2 aliphatic heterocycles. The van der Waals surface area contributed by atoms with E-state index in [0.29, 0.717) is 11.1 Å². The van der Waals surface area contributed by atoms with Gasteiger partial charge >= 0.3 is 6.03 Å². The van der Waals surface area contributed by atoms with Crippen LogP contribution < -0.4 is 10.7 Å². The van der Waals surface area contributed by atoms with Gasteiger partial charge in [-0.05, 0) is 37.1 Å². The lowest BCUT2D eigenvalue weighted by Crippen LogP contribution is -2.51. The van der Waals surface area contributed by atoms with E-state index in [2.05, 4.69) is 10.7 Å². The van der Waals surface area contributed by atoms with Crippen LogP contribution in [0.5, 0.6) is 0 Å². The Morgan fingerprint density at radius 2 is 1.45 bits per heavy atom. The van der Waals surface area contributed by atoms with Gasteiger partial charge in [0.25, 0.3) is 11.8 Å². The van der Waals surface area contributed by atoms with Crippen molar-refractivity contribution in [2.75, 3.05) is 19.6 Å². The lowest BCUT2D eigenvalue weighted by Gasteiger charge is -2.28. The molecule has 0 aromatic heterocycles. The molecule has 0 radical (unpaired) electrons. The van der Waals surface area contributed by atoms with E-state index in [1.54, 1.807) is 24.3 Å².